The highest BCUT2D eigenvalue weighted by molar-refractivity contribution is 5.76. The average molecular weight is 276 g/mol. The summed E-state index contributed by atoms with van der Waals surface area (Å²) in [5, 5.41) is 9.01. The number of nitriles is 1. The van der Waals surface area contributed by atoms with E-state index in [1.54, 1.807) is 0 Å². The zero-order valence-corrected chi connectivity index (χ0v) is 11.9. The van der Waals surface area contributed by atoms with Crippen molar-refractivity contribution >= 4 is 16.7 Å². The van der Waals surface area contributed by atoms with E-state index in [0.717, 1.165) is 33.7 Å². The molecule has 0 saturated heterocycles. The topological polar surface area (TPSA) is 67.6 Å². The second kappa shape index (κ2) is 5.29. The maximum absolute atomic E-state index is 9.01. The summed E-state index contributed by atoms with van der Waals surface area (Å²) in [6, 6.07) is 16.1. The van der Waals surface area contributed by atoms with Crippen molar-refractivity contribution in [2.75, 3.05) is 5.73 Å². The highest BCUT2D eigenvalue weighted by Crippen LogP contribution is 2.21. The maximum Gasteiger partial charge on any atom is 0.124 e. The van der Waals surface area contributed by atoms with Gasteiger partial charge in [0.15, 0.2) is 0 Å². The predicted octanol–water partition coefficient (Wildman–Crippen LogP) is 3.04. The smallest absolute Gasteiger partial charge is 0.124 e. The minimum Gasteiger partial charge on any atom is -0.399 e. The lowest BCUT2D eigenvalue weighted by molar-refractivity contribution is 0.766. The lowest BCUT2D eigenvalue weighted by Crippen LogP contribution is -2.07. The zero-order chi connectivity index (χ0) is 14.8. The fraction of sp³-hybridized carbons (Fsp3) is 0.176. The van der Waals surface area contributed by atoms with Gasteiger partial charge in [-0.2, -0.15) is 5.26 Å². The zero-order valence-electron chi connectivity index (χ0n) is 11.9. The second-order valence-corrected chi connectivity index (χ2v) is 5.07. The molecular weight excluding hydrogens is 260 g/mol. The number of aromatic nitrogens is 2. The van der Waals surface area contributed by atoms with Crippen LogP contribution in [0.25, 0.3) is 11.0 Å². The van der Waals surface area contributed by atoms with E-state index in [4.69, 9.17) is 11.0 Å². The molecule has 2 aromatic carbocycles. The van der Waals surface area contributed by atoms with Crippen LogP contribution in [0.1, 0.15) is 17.0 Å². The molecule has 0 atom stereocenters. The Morgan fingerprint density at radius 2 is 2.00 bits per heavy atom. The number of benzene rings is 2. The van der Waals surface area contributed by atoms with E-state index >= 15 is 0 Å². The van der Waals surface area contributed by atoms with Crippen molar-refractivity contribution in [2.45, 2.75) is 19.9 Å². The molecule has 0 fully saturated rings. The first kappa shape index (κ1) is 13.2. The van der Waals surface area contributed by atoms with Gasteiger partial charge in [0.2, 0.25) is 0 Å². The van der Waals surface area contributed by atoms with Crippen molar-refractivity contribution < 1.29 is 0 Å². The minimum absolute atomic E-state index is 0.302. The summed E-state index contributed by atoms with van der Waals surface area (Å²) in [5.41, 5.74) is 11.0. The van der Waals surface area contributed by atoms with Crippen LogP contribution in [0.15, 0.2) is 42.5 Å². The highest BCUT2D eigenvalue weighted by Gasteiger charge is 2.11. The number of imidazole rings is 1. The van der Waals surface area contributed by atoms with Crippen molar-refractivity contribution in [1.29, 1.82) is 5.26 Å². The summed E-state index contributed by atoms with van der Waals surface area (Å²) in [6.07, 6.45) is 0.302. The van der Waals surface area contributed by atoms with Crippen LogP contribution in [0.4, 0.5) is 5.69 Å². The van der Waals surface area contributed by atoms with Gasteiger partial charge >= 0.3 is 0 Å². The number of para-hydroxylation sites is 2. The average Bonchev–Trinajstić information content (AvgIpc) is 2.82. The molecule has 0 amide bonds. The third-order valence-electron chi connectivity index (χ3n) is 3.79. The molecular formula is C17H16N4. The lowest BCUT2D eigenvalue weighted by Gasteiger charge is -2.12. The Morgan fingerprint density at radius 3 is 2.81 bits per heavy atom. The summed E-state index contributed by atoms with van der Waals surface area (Å²) in [7, 11) is 0. The minimum atomic E-state index is 0.302. The monoisotopic (exact) mass is 276 g/mol. The Bertz CT molecular complexity index is 840. The molecule has 21 heavy (non-hydrogen) atoms. The van der Waals surface area contributed by atoms with Crippen LogP contribution in [0.5, 0.6) is 0 Å². The molecule has 0 unspecified atom stereocenters. The molecule has 104 valence electrons. The third kappa shape index (κ3) is 2.34. The number of hydrogen-bond acceptors (Lipinski definition) is 3. The quantitative estimate of drug-likeness (QED) is 0.748. The van der Waals surface area contributed by atoms with E-state index in [1.807, 2.05) is 43.3 Å². The molecule has 0 bridgehead atoms. The van der Waals surface area contributed by atoms with Crippen LogP contribution in [-0.4, -0.2) is 9.55 Å². The molecule has 4 nitrogen and oxygen atoms in total. The van der Waals surface area contributed by atoms with Gasteiger partial charge in [-0.05, 0) is 36.2 Å². The van der Waals surface area contributed by atoms with E-state index in [1.165, 1.54) is 0 Å². The van der Waals surface area contributed by atoms with Gasteiger partial charge in [-0.3, -0.25) is 0 Å². The van der Waals surface area contributed by atoms with Crippen LogP contribution in [-0.2, 0) is 13.0 Å². The van der Waals surface area contributed by atoms with Crippen molar-refractivity contribution in [2.24, 2.45) is 0 Å². The Labute approximate surface area is 123 Å². The van der Waals surface area contributed by atoms with Crippen LogP contribution in [0.2, 0.25) is 0 Å². The summed E-state index contributed by atoms with van der Waals surface area (Å²) in [4.78, 5) is 4.56. The molecule has 3 aromatic rings. The van der Waals surface area contributed by atoms with Gasteiger partial charge in [0, 0.05) is 12.2 Å². The van der Waals surface area contributed by atoms with E-state index in [-0.39, 0.29) is 0 Å². The Hall–Kier alpha value is -2.80. The number of fused-ring (bicyclic) bond motifs is 1. The van der Waals surface area contributed by atoms with Gasteiger partial charge in [-0.1, -0.05) is 24.3 Å². The fourth-order valence-electron chi connectivity index (χ4n) is 2.55. The second-order valence-electron chi connectivity index (χ2n) is 5.07. The van der Waals surface area contributed by atoms with Gasteiger partial charge in [0.25, 0.3) is 0 Å². The number of nitrogens with zero attached hydrogens (tertiary/aromatic N) is 3. The summed E-state index contributed by atoms with van der Waals surface area (Å²) in [5.74, 6) is 0.792. The normalized spacial score (nSPS) is 10.7. The highest BCUT2D eigenvalue weighted by atomic mass is 15.1. The van der Waals surface area contributed by atoms with Crippen LogP contribution in [0, 0.1) is 18.3 Å². The van der Waals surface area contributed by atoms with E-state index in [0.29, 0.717) is 13.0 Å². The SMILES string of the molecule is Cc1c(N)cccc1Cn1c(CC#N)nc2ccccc21. The van der Waals surface area contributed by atoms with Crippen molar-refractivity contribution in [3.05, 3.63) is 59.4 Å². The van der Waals surface area contributed by atoms with Gasteiger partial charge in [-0.15, -0.1) is 0 Å². The summed E-state index contributed by atoms with van der Waals surface area (Å²) < 4.78 is 2.10. The molecule has 1 heterocycles. The number of anilines is 1. The Kier molecular flexibility index (Phi) is 3.33. The molecule has 4 heteroatoms. The standard InChI is InChI=1S/C17H16N4/c1-12-13(5-4-6-14(12)19)11-21-16-8-3-2-7-15(16)20-17(21)9-10-18/h2-8H,9,11,19H2,1H3. The van der Waals surface area contributed by atoms with Crippen LogP contribution < -0.4 is 5.73 Å². The molecule has 0 aliphatic carbocycles. The Balaban J connectivity index is 2.13. The van der Waals surface area contributed by atoms with Crippen LogP contribution >= 0.6 is 0 Å². The van der Waals surface area contributed by atoms with Gasteiger partial charge in [-0.25, -0.2) is 4.98 Å². The van der Waals surface area contributed by atoms with Crippen molar-refractivity contribution in [1.82, 2.24) is 9.55 Å². The summed E-state index contributed by atoms with van der Waals surface area (Å²) >= 11 is 0. The predicted molar refractivity (Wildman–Crippen MR) is 83.7 cm³/mol. The molecule has 0 spiro atoms. The number of nitrogens with two attached hydrogens (primary N) is 1. The number of hydrogen-bond donors (Lipinski definition) is 1. The van der Waals surface area contributed by atoms with Crippen molar-refractivity contribution in [3.8, 4) is 6.07 Å². The lowest BCUT2D eigenvalue weighted by atomic mass is 10.1. The molecule has 1 aromatic heterocycles. The van der Waals surface area contributed by atoms with Crippen LogP contribution in [0.3, 0.4) is 0 Å². The first-order valence-corrected chi connectivity index (χ1v) is 6.85. The largest absolute Gasteiger partial charge is 0.399 e. The van der Waals surface area contributed by atoms with E-state index in [9.17, 15) is 0 Å². The van der Waals surface area contributed by atoms with Gasteiger partial charge in [0.1, 0.15) is 5.82 Å². The Morgan fingerprint density at radius 1 is 1.19 bits per heavy atom. The van der Waals surface area contributed by atoms with E-state index in [2.05, 4.69) is 21.7 Å². The fourth-order valence-corrected chi connectivity index (χ4v) is 2.55. The van der Waals surface area contributed by atoms with Gasteiger partial charge < -0.3 is 10.3 Å². The first-order chi connectivity index (χ1) is 10.2. The number of rotatable bonds is 3. The van der Waals surface area contributed by atoms with E-state index < -0.39 is 0 Å². The third-order valence-corrected chi connectivity index (χ3v) is 3.79. The first-order valence-electron chi connectivity index (χ1n) is 6.85. The van der Waals surface area contributed by atoms with Crippen molar-refractivity contribution in [3.63, 3.8) is 0 Å². The van der Waals surface area contributed by atoms with Gasteiger partial charge in [0.05, 0.1) is 23.5 Å². The number of nitrogen functional groups attached to an aromatic ring is 1. The molecule has 0 aliphatic rings. The summed E-state index contributed by atoms with van der Waals surface area (Å²) in [6.45, 7) is 2.70. The molecule has 0 saturated carbocycles. The molecule has 0 aliphatic heterocycles. The molecule has 2 N–H and O–H groups in total. The maximum atomic E-state index is 9.01. The molecule has 3 rings (SSSR count). The molecule has 0 radical (unpaired) electrons.